The van der Waals surface area contributed by atoms with E-state index in [4.69, 9.17) is 9.72 Å². The van der Waals surface area contributed by atoms with Crippen molar-refractivity contribution < 1.29 is 14.3 Å². The highest BCUT2D eigenvalue weighted by atomic mass is 16.5. The van der Waals surface area contributed by atoms with Crippen LogP contribution in [0, 0.1) is 0 Å². The Morgan fingerprint density at radius 3 is 2.28 bits per heavy atom. The van der Waals surface area contributed by atoms with Crippen LogP contribution in [0.3, 0.4) is 0 Å². The quantitative estimate of drug-likeness (QED) is 0.138. The van der Waals surface area contributed by atoms with Crippen LogP contribution < -0.4 is 20.3 Å². The molecule has 0 bridgehead atoms. The van der Waals surface area contributed by atoms with Gasteiger partial charge < -0.3 is 20.3 Å². The minimum atomic E-state index is -0.740. The van der Waals surface area contributed by atoms with Gasteiger partial charge in [-0.05, 0) is 65.8 Å². The molecule has 0 atom stereocenters. The Labute approximate surface area is 251 Å². The average molecular weight is 574 g/mol. The Kier molecular flexibility index (Phi) is 8.39. The van der Waals surface area contributed by atoms with E-state index in [1.165, 1.54) is 7.11 Å². The molecule has 0 fully saturated rings. The molecule has 1 heterocycles. The standard InChI is InChI=1S/C35H35N5O3/c1-6-40(24-12-8-7-9-13-24)34-36-21-20-31(39-34)37-28-18-17-27(25-14-10-11-15-26(25)28)32(41)33(42)38-29-22-23(35(2,3)4)16-19-30(29)43-5/h7-22H,6H2,1-5H3,(H,38,42)(H,36,37,39). The van der Waals surface area contributed by atoms with Gasteiger partial charge in [0.25, 0.3) is 11.7 Å². The molecule has 8 nitrogen and oxygen atoms in total. The first-order valence-corrected chi connectivity index (χ1v) is 14.2. The lowest BCUT2D eigenvalue weighted by Crippen LogP contribution is -2.24. The molecule has 0 aliphatic rings. The zero-order valence-electron chi connectivity index (χ0n) is 25.0. The number of ketones is 1. The number of ether oxygens (including phenoxy) is 1. The number of anilines is 5. The van der Waals surface area contributed by atoms with Crippen molar-refractivity contribution in [3.8, 4) is 5.75 Å². The summed E-state index contributed by atoms with van der Waals surface area (Å²) < 4.78 is 5.45. The van der Waals surface area contributed by atoms with Crippen LogP contribution in [0.1, 0.15) is 43.6 Å². The van der Waals surface area contributed by atoms with E-state index in [1.807, 2.05) is 78.6 Å². The highest BCUT2D eigenvalue weighted by molar-refractivity contribution is 6.48. The van der Waals surface area contributed by atoms with Gasteiger partial charge in [0.05, 0.1) is 12.8 Å². The summed E-state index contributed by atoms with van der Waals surface area (Å²) in [6.07, 6.45) is 1.71. The number of hydrogen-bond acceptors (Lipinski definition) is 7. The summed E-state index contributed by atoms with van der Waals surface area (Å²) in [6, 6.07) is 28.3. The number of para-hydroxylation sites is 1. The fraction of sp³-hybridized carbons (Fsp3) is 0.200. The van der Waals surface area contributed by atoms with Crippen molar-refractivity contribution in [2.45, 2.75) is 33.1 Å². The van der Waals surface area contributed by atoms with Crippen molar-refractivity contribution in [2.24, 2.45) is 0 Å². The van der Waals surface area contributed by atoms with Crippen LogP contribution in [-0.4, -0.2) is 35.3 Å². The summed E-state index contributed by atoms with van der Waals surface area (Å²) in [5.74, 6) is 0.272. The van der Waals surface area contributed by atoms with Gasteiger partial charge in [-0.25, -0.2) is 4.98 Å². The Hall–Kier alpha value is -5.24. The smallest absolute Gasteiger partial charge is 0.296 e. The van der Waals surface area contributed by atoms with Crippen molar-refractivity contribution in [3.05, 3.63) is 108 Å². The average Bonchev–Trinajstić information content (AvgIpc) is 3.01. The van der Waals surface area contributed by atoms with Gasteiger partial charge in [-0.2, -0.15) is 4.98 Å². The predicted molar refractivity (Wildman–Crippen MR) is 173 cm³/mol. The number of hydrogen-bond donors (Lipinski definition) is 2. The largest absolute Gasteiger partial charge is 0.495 e. The van der Waals surface area contributed by atoms with E-state index in [0.717, 1.165) is 22.3 Å². The molecule has 0 spiro atoms. The molecule has 5 rings (SSSR count). The van der Waals surface area contributed by atoms with Gasteiger partial charge in [-0.15, -0.1) is 0 Å². The van der Waals surface area contributed by atoms with Crippen molar-refractivity contribution in [3.63, 3.8) is 0 Å². The summed E-state index contributed by atoms with van der Waals surface area (Å²) in [7, 11) is 1.53. The van der Waals surface area contributed by atoms with Gasteiger partial charge >= 0.3 is 0 Å². The van der Waals surface area contributed by atoms with Crippen LogP contribution in [0.5, 0.6) is 5.75 Å². The second-order valence-corrected chi connectivity index (χ2v) is 11.1. The number of nitrogens with one attached hydrogen (secondary N) is 2. The number of rotatable bonds is 9. The minimum Gasteiger partial charge on any atom is -0.495 e. The number of aromatic nitrogens is 2. The van der Waals surface area contributed by atoms with Gasteiger partial charge in [0, 0.05) is 35.1 Å². The van der Waals surface area contributed by atoms with E-state index in [9.17, 15) is 9.59 Å². The lowest BCUT2D eigenvalue weighted by Gasteiger charge is -2.21. The van der Waals surface area contributed by atoms with Gasteiger partial charge in [-0.3, -0.25) is 9.59 Å². The van der Waals surface area contributed by atoms with Crippen LogP contribution in [0.2, 0.25) is 0 Å². The van der Waals surface area contributed by atoms with Crippen molar-refractivity contribution >= 4 is 51.3 Å². The molecule has 43 heavy (non-hydrogen) atoms. The molecule has 0 aliphatic carbocycles. The molecule has 0 unspecified atom stereocenters. The molecular weight excluding hydrogens is 538 g/mol. The Morgan fingerprint density at radius 1 is 0.860 bits per heavy atom. The number of Topliss-reactive ketones (excluding diaryl/α,β-unsaturated/α-hetero) is 1. The molecule has 0 radical (unpaired) electrons. The zero-order valence-corrected chi connectivity index (χ0v) is 25.0. The van der Waals surface area contributed by atoms with Gasteiger partial charge in [0.2, 0.25) is 5.95 Å². The van der Waals surface area contributed by atoms with Crippen molar-refractivity contribution in [2.75, 3.05) is 29.2 Å². The van der Waals surface area contributed by atoms with Crippen LogP contribution >= 0.6 is 0 Å². The van der Waals surface area contributed by atoms with Crippen LogP contribution in [0.4, 0.5) is 28.8 Å². The minimum absolute atomic E-state index is 0.143. The van der Waals surface area contributed by atoms with E-state index < -0.39 is 11.7 Å². The van der Waals surface area contributed by atoms with E-state index in [2.05, 4.69) is 36.4 Å². The third-order valence-electron chi connectivity index (χ3n) is 7.22. The number of benzene rings is 4. The Morgan fingerprint density at radius 2 is 1.58 bits per heavy atom. The molecule has 0 saturated heterocycles. The van der Waals surface area contributed by atoms with Crippen LogP contribution in [0.25, 0.3) is 10.8 Å². The van der Waals surface area contributed by atoms with Crippen molar-refractivity contribution in [1.82, 2.24) is 9.97 Å². The second-order valence-electron chi connectivity index (χ2n) is 11.1. The molecule has 4 aromatic carbocycles. The molecule has 1 aromatic heterocycles. The maximum absolute atomic E-state index is 13.5. The predicted octanol–water partition coefficient (Wildman–Crippen LogP) is 7.66. The Bertz CT molecular complexity index is 1780. The van der Waals surface area contributed by atoms with E-state index >= 15 is 0 Å². The van der Waals surface area contributed by atoms with Crippen molar-refractivity contribution in [1.29, 1.82) is 0 Å². The first-order valence-electron chi connectivity index (χ1n) is 14.2. The SMILES string of the molecule is CCN(c1ccccc1)c1nccc(Nc2ccc(C(=O)C(=O)Nc3cc(C(C)(C)C)ccc3OC)c3ccccc23)n1. The molecule has 8 heteroatoms. The number of fused-ring (bicyclic) bond motifs is 1. The third-order valence-corrected chi connectivity index (χ3v) is 7.22. The lowest BCUT2D eigenvalue weighted by molar-refractivity contribution is -0.112. The van der Waals surface area contributed by atoms with Gasteiger partial charge in [0.15, 0.2) is 0 Å². The Balaban J connectivity index is 1.43. The van der Waals surface area contributed by atoms with Gasteiger partial charge in [0.1, 0.15) is 11.6 Å². The molecular formula is C35H35N5O3. The number of carbonyl (C=O) groups excluding carboxylic acids is 2. The molecule has 0 saturated carbocycles. The normalized spacial score (nSPS) is 11.2. The summed E-state index contributed by atoms with van der Waals surface area (Å²) in [4.78, 5) is 38.0. The lowest BCUT2D eigenvalue weighted by atomic mass is 9.87. The third kappa shape index (κ3) is 6.33. The monoisotopic (exact) mass is 573 g/mol. The maximum Gasteiger partial charge on any atom is 0.296 e. The van der Waals surface area contributed by atoms with Crippen LogP contribution in [0.15, 0.2) is 97.2 Å². The number of nitrogens with zero attached hydrogens (tertiary/aromatic N) is 3. The van der Waals surface area contributed by atoms with E-state index in [-0.39, 0.29) is 5.41 Å². The molecule has 1 amide bonds. The number of methoxy groups -OCH3 is 1. The number of amides is 1. The highest BCUT2D eigenvalue weighted by Crippen LogP contribution is 2.33. The van der Waals surface area contributed by atoms with E-state index in [1.54, 1.807) is 30.5 Å². The fourth-order valence-electron chi connectivity index (χ4n) is 4.91. The zero-order chi connectivity index (χ0) is 30.6. The summed E-state index contributed by atoms with van der Waals surface area (Å²) >= 11 is 0. The molecule has 5 aromatic rings. The first-order chi connectivity index (χ1) is 20.7. The van der Waals surface area contributed by atoms with Crippen LogP contribution in [-0.2, 0) is 10.2 Å². The highest BCUT2D eigenvalue weighted by Gasteiger charge is 2.23. The maximum atomic E-state index is 13.5. The molecule has 0 aliphatic heterocycles. The summed E-state index contributed by atoms with van der Waals surface area (Å²) in [5, 5.41) is 7.59. The topological polar surface area (TPSA) is 96.5 Å². The fourth-order valence-corrected chi connectivity index (χ4v) is 4.91. The molecule has 2 N–H and O–H groups in total. The summed E-state index contributed by atoms with van der Waals surface area (Å²) in [6.45, 7) is 8.99. The number of carbonyl (C=O) groups is 2. The van der Waals surface area contributed by atoms with Gasteiger partial charge in [-0.1, -0.05) is 69.3 Å². The second kappa shape index (κ2) is 12.3. The van der Waals surface area contributed by atoms with E-state index in [0.29, 0.717) is 40.7 Å². The first kappa shape index (κ1) is 29.3. The summed E-state index contributed by atoms with van der Waals surface area (Å²) in [5.41, 5.74) is 3.36. The molecule has 218 valence electrons.